The van der Waals surface area contributed by atoms with Crippen LogP contribution in [-0.2, 0) is 4.74 Å². The molecule has 0 fully saturated rings. The summed E-state index contributed by atoms with van der Waals surface area (Å²) in [5, 5.41) is 12.5. The van der Waals surface area contributed by atoms with Crippen LogP contribution in [0.2, 0.25) is 0 Å². The molecule has 0 unspecified atom stereocenters. The highest BCUT2D eigenvalue weighted by Gasteiger charge is 2.21. The number of allylic oxidation sites excluding steroid dienone is 4. The van der Waals surface area contributed by atoms with Crippen molar-refractivity contribution < 1.29 is 19.0 Å². The van der Waals surface area contributed by atoms with Crippen molar-refractivity contribution in [3.63, 3.8) is 0 Å². The summed E-state index contributed by atoms with van der Waals surface area (Å²) in [6.07, 6.45) is 1.85. The fourth-order valence-electron chi connectivity index (χ4n) is 1.70. The molecule has 0 saturated carbocycles. The van der Waals surface area contributed by atoms with E-state index in [2.05, 4.69) is 5.32 Å². The van der Waals surface area contributed by atoms with E-state index in [1.54, 1.807) is 20.8 Å². The normalized spacial score (nSPS) is 15.6. The van der Waals surface area contributed by atoms with Crippen molar-refractivity contribution >= 4 is 17.7 Å². The third-order valence-electron chi connectivity index (χ3n) is 2.73. The molecule has 5 nitrogen and oxygen atoms in total. The molecule has 0 heterocycles. The van der Waals surface area contributed by atoms with Gasteiger partial charge in [0, 0.05) is 18.8 Å². The summed E-state index contributed by atoms with van der Waals surface area (Å²) < 4.78 is 18.5. The Morgan fingerprint density at radius 2 is 2.19 bits per heavy atom. The average molecular weight is 321 g/mol. The number of nitrogens with zero attached hydrogens (tertiary/aromatic N) is 1. The standard InChI is InChI=1S/C14H22ClFN2O3/c1-14(2,3)21-13(20)18(9-19)7-6-17-10-4-5-11(15)12(16)8-10/h8,17,19H,4-7,9H2,1-3H3. The van der Waals surface area contributed by atoms with E-state index < -0.39 is 24.3 Å². The number of rotatable bonds is 5. The molecule has 0 aromatic rings. The van der Waals surface area contributed by atoms with Gasteiger partial charge in [0.15, 0.2) is 0 Å². The zero-order chi connectivity index (χ0) is 16.0. The van der Waals surface area contributed by atoms with Gasteiger partial charge in [-0.2, -0.15) is 0 Å². The van der Waals surface area contributed by atoms with Crippen molar-refractivity contribution in [1.29, 1.82) is 0 Å². The largest absolute Gasteiger partial charge is 0.444 e. The molecule has 1 rings (SSSR count). The SMILES string of the molecule is CC(C)(C)OC(=O)N(CO)CCNC1=CC(F)=C(Cl)CC1. The van der Waals surface area contributed by atoms with Crippen LogP contribution in [0.15, 0.2) is 22.6 Å². The maximum absolute atomic E-state index is 13.3. The molecule has 1 amide bonds. The highest BCUT2D eigenvalue weighted by molar-refractivity contribution is 6.30. The smallest absolute Gasteiger partial charge is 0.412 e. The number of amides is 1. The van der Waals surface area contributed by atoms with E-state index in [1.165, 1.54) is 11.0 Å². The highest BCUT2D eigenvalue weighted by atomic mass is 35.5. The van der Waals surface area contributed by atoms with E-state index in [9.17, 15) is 14.3 Å². The Morgan fingerprint density at radius 3 is 2.71 bits per heavy atom. The first-order chi connectivity index (χ1) is 9.73. The van der Waals surface area contributed by atoms with E-state index in [0.29, 0.717) is 19.4 Å². The molecule has 0 bridgehead atoms. The van der Waals surface area contributed by atoms with Crippen molar-refractivity contribution in [2.75, 3.05) is 19.8 Å². The summed E-state index contributed by atoms with van der Waals surface area (Å²) in [5.74, 6) is -0.434. The van der Waals surface area contributed by atoms with Gasteiger partial charge in [-0.05, 0) is 39.7 Å². The molecular weight excluding hydrogens is 299 g/mol. The third-order valence-corrected chi connectivity index (χ3v) is 3.10. The summed E-state index contributed by atoms with van der Waals surface area (Å²) in [7, 11) is 0. The Kier molecular flexibility index (Phi) is 6.48. The molecule has 21 heavy (non-hydrogen) atoms. The van der Waals surface area contributed by atoms with E-state index in [-0.39, 0.29) is 11.6 Å². The molecule has 0 aromatic carbocycles. The van der Waals surface area contributed by atoms with Crippen LogP contribution in [0.4, 0.5) is 9.18 Å². The number of aliphatic hydroxyl groups excluding tert-OH is 1. The van der Waals surface area contributed by atoms with Crippen LogP contribution in [0.5, 0.6) is 0 Å². The maximum atomic E-state index is 13.3. The molecule has 0 atom stereocenters. The zero-order valence-electron chi connectivity index (χ0n) is 12.6. The monoisotopic (exact) mass is 320 g/mol. The Bertz CT molecular complexity index is 444. The minimum atomic E-state index is -0.617. The maximum Gasteiger partial charge on any atom is 0.412 e. The van der Waals surface area contributed by atoms with Crippen molar-refractivity contribution in [2.45, 2.75) is 39.2 Å². The Labute approximate surface area is 129 Å². The third kappa shape index (κ3) is 6.35. The molecule has 1 aliphatic carbocycles. The molecule has 120 valence electrons. The molecule has 0 aromatic heterocycles. The minimum Gasteiger partial charge on any atom is -0.444 e. The van der Waals surface area contributed by atoms with Gasteiger partial charge in [-0.25, -0.2) is 9.18 Å². The lowest BCUT2D eigenvalue weighted by molar-refractivity contribution is 0.00674. The number of aliphatic hydroxyl groups is 1. The van der Waals surface area contributed by atoms with Crippen molar-refractivity contribution in [2.24, 2.45) is 0 Å². The molecule has 2 N–H and O–H groups in total. The molecular formula is C14H22ClFN2O3. The van der Waals surface area contributed by atoms with Gasteiger partial charge in [-0.1, -0.05) is 11.6 Å². The zero-order valence-corrected chi connectivity index (χ0v) is 13.3. The van der Waals surface area contributed by atoms with Gasteiger partial charge in [-0.3, -0.25) is 4.90 Å². The minimum absolute atomic E-state index is 0.228. The van der Waals surface area contributed by atoms with Gasteiger partial charge in [0.25, 0.3) is 0 Å². The molecule has 1 aliphatic rings. The number of halogens is 2. The van der Waals surface area contributed by atoms with E-state index >= 15 is 0 Å². The van der Waals surface area contributed by atoms with Crippen molar-refractivity contribution in [1.82, 2.24) is 10.2 Å². The number of hydrogen-bond donors (Lipinski definition) is 2. The molecule has 7 heteroatoms. The lowest BCUT2D eigenvalue weighted by Gasteiger charge is -2.26. The number of carbonyl (C=O) groups excluding carboxylic acids is 1. The van der Waals surface area contributed by atoms with Crippen LogP contribution >= 0.6 is 11.6 Å². The predicted molar refractivity (Wildman–Crippen MR) is 79.3 cm³/mol. The summed E-state index contributed by atoms with van der Waals surface area (Å²) >= 11 is 5.67. The van der Waals surface area contributed by atoms with E-state index in [0.717, 1.165) is 5.70 Å². The summed E-state index contributed by atoms with van der Waals surface area (Å²) in [4.78, 5) is 13.0. The first kappa shape index (κ1) is 17.8. The van der Waals surface area contributed by atoms with Gasteiger partial charge in [0.05, 0.1) is 5.03 Å². The van der Waals surface area contributed by atoms with E-state index in [4.69, 9.17) is 16.3 Å². The van der Waals surface area contributed by atoms with Crippen LogP contribution < -0.4 is 5.32 Å². The van der Waals surface area contributed by atoms with Gasteiger partial charge < -0.3 is 15.2 Å². The number of nitrogens with one attached hydrogen (secondary N) is 1. The lowest BCUT2D eigenvalue weighted by Crippen LogP contribution is -2.40. The highest BCUT2D eigenvalue weighted by Crippen LogP contribution is 2.25. The lowest BCUT2D eigenvalue weighted by atomic mass is 10.1. The van der Waals surface area contributed by atoms with Crippen LogP contribution in [0.1, 0.15) is 33.6 Å². The molecule has 0 saturated heterocycles. The number of carbonyl (C=O) groups is 1. The fourth-order valence-corrected chi connectivity index (χ4v) is 1.85. The number of hydrogen-bond acceptors (Lipinski definition) is 4. The second kappa shape index (κ2) is 7.66. The van der Waals surface area contributed by atoms with Gasteiger partial charge in [0.2, 0.25) is 0 Å². The van der Waals surface area contributed by atoms with Crippen LogP contribution in [0.25, 0.3) is 0 Å². The fraction of sp³-hybridized carbons (Fsp3) is 0.643. The first-order valence-corrected chi connectivity index (χ1v) is 7.18. The Morgan fingerprint density at radius 1 is 1.52 bits per heavy atom. The van der Waals surface area contributed by atoms with Gasteiger partial charge >= 0.3 is 6.09 Å². The topological polar surface area (TPSA) is 61.8 Å². The molecule has 0 radical (unpaired) electrons. The Balaban J connectivity index is 2.43. The van der Waals surface area contributed by atoms with Gasteiger partial charge in [0.1, 0.15) is 18.2 Å². The van der Waals surface area contributed by atoms with Crippen LogP contribution in [0, 0.1) is 0 Å². The Hall–Kier alpha value is -1.27. The average Bonchev–Trinajstić information content (AvgIpc) is 2.36. The number of ether oxygens (including phenoxy) is 1. The summed E-state index contributed by atoms with van der Waals surface area (Å²) in [5.41, 5.74) is 0.105. The first-order valence-electron chi connectivity index (χ1n) is 6.80. The predicted octanol–water partition coefficient (Wildman–Crippen LogP) is 2.86. The van der Waals surface area contributed by atoms with E-state index in [1.807, 2.05) is 0 Å². The quantitative estimate of drug-likeness (QED) is 0.765. The van der Waals surface area contributed by atoms with Crippen LogP contribution in [0.3, 0.4) is 0 Å². The molecule has 0 aliphatic heterocycles. The van der Waals surface area contributed by atoms with Crippen LogP contribution in [-0.4, -0.2) is 41.5 Å². The summed E-state index contributed by atoms with van der Waals surface area (Å²) in [6, 6.07) is 0. The molecule has 0 spiro atoms. The second-order valence-corrected chi connectivity index (χ2v) is 6.19. The van der Waals surface area contributed by atoms with Crippen molar-refractivity contribution in [3.05, 3.63) is 22.6 Å². The second-order valence-electron chi connectivity index (χ2n) is 5.73. The van der Waals surface area contributed by atoms with Crippen molar-refractivity contribution in [3.8, 4) is 0 Å². The summed E-state index contributed by atoms with van der Waals surface area (Å²) in [6.45, 7) is 5.47. The van der Waals surface area contributed by atoms with Gasteiger partial charge in [-0.15, -0.1) is 0 Å².